The third-order valence-corrected chi connectivity index (χ3v) is 2.87. The lowest BCUT2D eigenvalue weighted by molar-refractivity contribution is -0.121. The molecule has 1 aromatic carbocycles. The van der Waals surface area contributed by atoms with Crippen LogP contribution in [0, 0.1) is 5.82 Å². The highest BCUT2D eigenvalue weighted by molar-refractivity contribution is 9.10. The average Bonchev–Trinajstić information content (AvgIpc) is 2.18. The Morgan fingerprint density at radius 2 is 2.06 bits per heavy atom. The Morgan fingerprint density at radius 3 is 2.61 bits per heavy atom. The van der Waals surface area contributed by atoms with Gasteiger partial charge < -0.3 is 10.6 Å². The van der Waals surface area contributed by atoms with Crippen molar-refractivity contribution in [1.82, 2.24) is 10.6 Å². The lowest BCUT2D eigenvalue weighted by atomic mass is 10.1. The van der Waals surface area contributed by atoms with E-state index in [-0.39, 0.29) is 23.8 Å². The Balaban J connectivity index is 2.40. The van der Waals surface area contributed by atoms with Crippen LogP contribution in [0.5, 0.6) is 0 Å². The fraction of sp³-hybridized carbons (Fsp3) is 0.462. The Labute approximate surface area is 115 Å². The molecule has 0 radical (unpaired) electrons. The Kier molecular flexibility index (Phi) is 5.28. The van der Waals surface area contributed by atoms with Gasteiger partial charge in [-0.1, -0.05) is 22.0 Å². The van der Waals surface area contributed by atoms with Crippen molar-refractivity contribution in [3.8, 4) is 0 Å². The van der Waals surface area contributed by atoms with Crippen LogP contribution >= 0.6 is 15.9 Å². The molecule has 0 fully saturated rings. The van der Waals surface area contributed by atoms with E-state index in [1.54, 1.807) is 6.07 Å². The molecule has 1 rings (SSSR count). The lowest BCUT2D eigenvalue weighted by Crippen LogP contribution is -2.44. The van der Waals surface area contributed by atoms with E-state index in [1.165, 1.54) is 12.1 Å². The maximum atomic E-state index is 12.9. The van der Waals surface area contributed by atoms with Gasteiger partial charge in [0.05, 0.1) is 6.54 Å². The van der Waals surface area contributed by atoms with Gasteiger partial charge >= 0.3 is 0 Å². The second-order valence-electron chi connectivity index (χ2n) is 5.14. The number of hydrogen-bond acceptors (Lipinski definition) is 2. The minimum absolute atomic E-state index is 0.0549. The molecule has 0 saturated heterocycles. The van der Waals surface area contributed by atoms with Gasteiger partial charge in [0.25, 0.3) is 0 Å². The van der Waals surface area contributed by atoms with E-state index in [2.05, 4.69) is 26.6 Å². The summed E-state index contributed by atoms with van der Waals surface area (Å²) in [6, 6.07) is 4.50. The first-order chi connectivity index (χ1) is 8.28. The summed E-state index contributed by atoms with van der Waals surface area (Å²) < 4.78 is 13.6. The van der Waals surface area contributed by atoms with Gasteiger partial charge in [-0.25, -0.2) is 4.39 Å². The average molecular weight is 317 g/mol. The van der Waals surface area contributed by atoms with Crippen molar-refractivity contribution in [1.29, 1.82) is 0 Å². The highest BCUT2D eigenvalue weighted by Gasteiger charge is 2.13. The van der Waals surface area contributed by atoms with Gasteiger partial charge in [-0.15, -0.1) is 0 Å². The van der Waals surface area contributed by atoms with Gasteiger partial charge in [-0.2, -0.15) is 0 Å². The number of carbonyl (C=O) groups is 1. The molecule has 0 aromatic heterocycles. The van der Waals surface area contributed by atoms with E-state index in [0.29, 0.717) is 11.0 Å². The summed E-state index contributed by atoms with van der Waals surface area (Å²) in [7, 11) is 0. The highest BCUT2D eigenvalue weighted by Crippen LogP contribution is 2.17. The molecular weight excluding hydrogens is 299 g/mol. The fourth-order valence-corrected chi connectivity index (χ4v) is 1.93. The second-order valence-corrected chi connectivity index (χ2v) is 5.99. The Bertz CT molecular complexity index is 429. The SMILES string of the molecule is CC(C)(C)NC(=O)CNCc1ccc(F)cc1Br. The van der Waals surface area contributed by atoms with Crippen LogP contribution in [0.1, 0.15) is 26.3 Å². The Hall–Kier alpha value is -0.940. The minimum Gasteiger partial charge on any atom is -0.350 e. The van der Waals surface area contributed by atoms with Crippen LogP contribution in [0.3, 0.4) is 0 Å². The molecule has 0 aliphatic carbocycles. The van der Waals surface area contributed by atoms with Crippen LogP contribution in [0.2, 0.25) is 0 Å². The molecule has 2 N–H and O–H groups in total. The van der Waals surface area contributed by atoms with E-state index in [9.17, 15) is 9.18 Å². The first-order valence-electron chi connectivity index (χ1n) is 5.73. The summed E-state index contributed by atoms with van der Waals surface area (Å²) in [4.78, 5) is 11.5. The quantitative estimate of drug-likeness (QED) is 0.896. The summed E-state index contributed by atoms with van der Waals surface area (Å²) >= 11 is 3.28. The van der Waals surface area contributed by atoms with E-state index in [4.69, 9.17) is 0 Å². The second kappa shape index (κ2) is 6.29. The van der Waals surface area contributed by atoms with E-state index in [0.717, 1.165) is 5.56 Å². The summed E-state index contributed by atoms with van der Waals surface area (Å²) in [5.74, 6) is -0.336. The third kappa shape index (κ3) is 5.60. The van der Waals surface area contributed by atoms with Crippen molar-refractivity contribution in [2.45, 2.75) is 32.9 Å². The van der Waals surface area contributed by atoms with Crippen molar-refractivity contribution in [3.05, 3.63) is 34.1 Å². The van der Waals surface area contributed by atoms with Crippen LogP contribution in [0.25, 0.3) is 0 Å². The summed E-state index contributed by atoms with van der Waals surface area (Å²) in [6.07, 6.45) is 0. The van der Waals surface area contributed by atoms with Crippen molar-refractivity contribution >= 4 is 21.8 Å². The first kappa shape index (κ1) is 15.1. The standard InChI is InChI=1S/C13H18BrFN2O/c1-13(2,3)17-12(18)8-16-7-9-4-5-10(15)6-11(9)14/h4-6,16H,7-8H2,1-3H3,(H,17,18). The van der Waals surface area contributed by atoms with Crippen LogP contribution in [0.15, 0.2) is 22.7 Å². The van der Waals surface area contributed by atoms with Gasteiger partial charge in [0.1, 0.15) is 5.82 Å². The predicted octanol–water partition coefficient (Wildman–Crippen LogP) is 2.59. The number of benzene rings is 1. The molecule has 1 aromatic rings. The minimum atomic E-state index is -0.281. The normalized spacial score (nSPS) is 11.4. The zero-order valence-corrected chi connectivity index (χ0v) is 12.4. The number of carbonyl (C=O) groups excluding carboxylic acids is 1. The van der Waals surface area contributed by atoms with Gasteiger partial charge in [0.15, 0.2) is 0 Å². The van der Waals surface area contributed by atoms with Crippen LogP contribution in [-0.4, -0.2) is 18.0 Å². The summed E-state index contributed by atoms with van der Waals surface area (Å²) in [6.45, 7) is 6.55. The number of rotatable bonds is 4. The molecule has 0 heterocycles. The van der Waals surface area contributed by atoms with Crippen molar-refractivity contribution < 1.29 is 9.18 Å². The summed E-state index contributed by atoms with van der Waals surface area (Å²) in [5.41, 5.74) is 0.690. The zero-order chi connectivity index (χ0) is 13.8. The maximum absolute atomic E-state index is 12.9. The van der Waals surface area contributed by atoms with Crippen molar-refractivity contribution in [3.63, 3.8) is 0 Å². The largest absolute Gasteiger partial charge is 0.350 e. The molecule has 0 bridgehead atoms. The van der Waals surface area contributed by atoms with Crippen LogP contribution in [0.4, 0.5) is 4.39 Å². The van der Waals surface area contributed by atoms with Crippen molar-refractivity contribution in [2.24, 2.45) is 0 Å². The van der Waals surface area contributed by atoms with E-state index < -0.39 is 0 Å². The van der Waals surface area contributed by atoms with Crippen molar-refractivity contribution in [2.75, 3.05) is 6.54 Å². The molecule has 100 valence electrons. The monoisotopic (exact) mass is 316 g/mol. The topological polar surface area (TPSA) is 41.1 Å². The molecule has 3 nitrogen and oxygen atoms in total. The van der Waals surface area contributed by atoms with E-state index in [1.807, 2.05) is 20.8 Å². The van der Waals surface area contributed by atoms with Gasteiger partial charge in [0, 0.05) is 16.6 Å². The molecule has 1 amide bonds. The molecule has 0 spiro atoms. The van der Waals surface area contributed by atoms with Crippen LogP contribution in [-0.2, 0) is 11.3 Å². The molecule has 0 aliphatic heterocycles. The third-order valence-electron chi connectivity index (χ3n) is 2.13. The summed E-state index contributed by atoms with van der Waals surface area (Å²) in [5, 5.41) is 5.88. The molecule has 0 saturated carbocycles. The molecule has 5 heteroatoms. The number of hydrogen-bond donors (Lipinski definition) is 2. The lowest BCUT2D eigenvalue weighted by Gasteiger charge is -2.20. The smallest absolute Gasteiger partial charge is 0.234 e. The molecule has 0 aliphatic rings. The fourth-order valence-electron chi connectivity index (χ4n) is 1.44. The molecule has 18 heavy (non-hydrogen) atoms. The van der Waals surface area contributed by atoms with E-state index >= 15 is 0 Å². The molecule has 0 atom stereocenters. The van der Waals surface area contributed by atoms with Crippen LogP contribution < -0.4 is 10.6 Å². The first-order valence-corrected chi connectivity index (χ1v) is 6.53. The van der Waals surface area contributed by atoms with Gasteiger partial charge in [-0.05, 0) is 38.5 Å². The maximum Gasteiger partial charge on any atom is 0.234 e. The molecule has 0 unspecified atom stereocenters. The highest BCUT2D eigenvalue weighted by atomic mass is 79.9. The number of amides is 1. The molecular formula is C13H18BrFN2O. The number of halogens is 2. The Morgan fingerprint density at radius 1 is 1.39 bits per heavy atom. The number of nitrogens with one attached hydrogen (secondary N) is 2. The van der Waals surface area contributed by atoms with Gasteiger partial charge in [-0.3, -0.25) is 4.79 Å². The zero-order valence-electron chi connectivity index (χ0n) is 10.8. The van der Waals surface area contributed by atoms with Gasteiger partial charge in [0.2, 0.25) is 5.91 Å². The predicted molar refractivity (Wildman–Crippen MR) is 73.7 cm³/mol.